The molecule has 0 spiro atoms. The minimum atomic E-state index is -0.848. The van der Waals surface area contributed by atoms with Gasteiger partial charge in [-0.3, -0.25) is 19.2 Å². The van der Waals surface area contributed by atoms with Crippen molar-refractivity contribution < 1.29 is 28.8 Å². The molecule has 3 atom stereocenters. The van der Waals surface area contributed by atoms with Gasteiger partial charge in [-0.15, -0.1) is 0 Å². The Balaban J connectivity index is 4.61. The van der Waals surface area contributed by atoms with Crippen molar-refractivity contribution in [1.82, 2.24) is 21.3 Å². The Morgan fingerprint density at radius 2 is 1.60 bits per heavy atom. The van der Waals surface area contributed by atoms with Gasteiger partial charge in [0.1, 0.15) is 23.9 Å². The topological polar surface area (TPSA) is 151 Å². The maximum absolute atomic E-state index is 12.4. The molecule has 0 aliphatic rings. The van der Waals surface area contributed by atoms with Gasteiger partial charge in [0.2, 0.25) is 18.2 Å². The predicted molar refractivity (Wildman–Crippen MR) is 111 cm³/mol. The maximum Gasteiger partial charge on any atom is 0.242 e. The van der Waals surface area contributed by atoms with Gasteiger partial charge in [0.05, 0.1) is 6.04 Å². The highest BCUT2D eigenvalue weighted by molar-refractivity contribution is 5.85. The zero-order valence-electron chi connectivity index (χ0n) is 18.0. The summed E-state index contributed by atoms with van der Waals surface area (Å²) >= 11 is 0. The van der Waals surface area contributed by atoms with E-state index >= 15 is 0 Å². The first-order valence-electron chi connectivity index (χ1n) is 10.1. The molecule has 30 heavy (non-hydrogen) atoms. The van der Waals surface area contributed by atoms with Crippen LogP contribution in [0.15, 0.2) is 0 Å². The first-order valence-corrected chi connectivity index (χ1v) is 10.1. The summed E-state index contributed by atoms with van der Waals surface area (Å²) in [5.41, 5.74) is 0. The van der Waals surface area contributed by atoms with Gasteiger partial charge in [0, 0.05) is 31.8 Å². The number of carbonyl (C=O) groups is 6. The highest BCUT2D eigenvalue weighted by Gasteiger charge is 2.22. The molecule has 10 nitrogen and oxygen atoms in total. The molecular weight excluding hydrogens is 392 g/mol. The summed E-state index contributed by atoms with van der Waals surface area (Å²) in [5.74, 6) is -0.758. The van der Waals surface area contributed by atoms with E-state index in [1.165, 1.54) is 13.8 Å². The molecule has 3 unspecified atom stereocenters. The lowest BCUT2D eigenvalue weighted by molar-refractivity contribution is -0.127. The standard InChI is InChI=1S/C20H34N4O6/c1-14(27)8-9-17(21-3)19(29)22-10-4-6-16(12-15(2)28)24-20(30)18(23-13-26)7-5-11-25/h11,13,16-18,21H,4-10,12H2,1-3H3,(H,22,29)(H,23,26)(H,24,30). The molecule has 0 rings (SSSR count). The third-order valence-electron chi connectivity index (χ3n) is 4.52. The SMILES string of the molecule is CNC(CCC(C)=O)C(=O)NCCCC(CC(C)=O)NC(=O)C(CCC=O)NC=O. The van der Waals surface area contributed by atoms with Crippen LogP contribution in [0.25, 0.3) is 0 Å². The second kappa shape index (κ2) is 16.2. The summed E-state index contributed by atoms with van der Waals surface area (Å²) in [6.07, 6.45) is 3.17. The summed E-state index contributed by atoms with van der Waals surface area (Å²) in [6, 6.07) is -1.76. The molecule has 0 aliphatic carbocycles. The van der Waals surface area contributed by atoms with Gasteiger partial charge in [-0.1, -0.05) is 0 Å². The van der Waals surface area contributed by atoms with Crippen molar-refractivity contribution in [2.75, 3.05) is 13.6 Å². The number of hydrogen-bond acceptors (Lipinski definition) is 7. The number of ketones is 2. The molecule has 0 heterocycles. The van der Waals surface area contributed by atoms with Crippen molar-refractivity contribution in [3.63, 3.8) is 0 Å². The summed E-state index contributed by atoms with van der Waals surface area (Å²) in [4.78, 5) is 68.4. The zero-order valence-corrected chi connectivity index (χ0v) is 18.0. The van der Waals surface area contributed by atoms with Gasteiger partial charge in [-0.25, -0.2) is 0 Å². The van der Waals surface area contributed by atoms with E-state index in [2.05, 4.69) is 21.3 Å². The van der Waals surface area contributed by atoms with Gasteiger partial charge in [0.25, 0.3) is 0 Å². The van der Waals surface area contributed by atoms with E-state index in [1.54, 1.807) is 7.05 Å². The largest absolute Gasteiger partial charge is 0.355 e. The molecule has 0 aromatic heterocycles. The Bertz CT molecular complexity index is 596. The summed E-state index contributed by atoms with van der Waals surface area (Å²) in [5, 5.41) is 10.8. The van der Waals surface area contributed by atoms with Crippen molar-refractivity contribution >= 4 is 36.1 Å². The number of hydrogen-bond donors (Lipinski definition) is 4. The second-order valence-electron chi connectivity index (χ2n) is 7.21. The Kier molecular flexibility index (Phi) is 14.8. The zero-order chi connectivity index (χ0) is 22.9. The molecule has 10 heteroatoms. The van der Waals surface area contributed by atoms with Crippen LogP contribution in [-0.2, 0) is 28.8 Å². The van der Waals surface area contributed by atoms with Gasteiger partial charge in [-0.2, -0.15) is 0 Å². The van der Waals surface area contributed by atoms with Crippen molar-refractivity contribution in [2.24, 2.45) is 0 Å². The molecule has 0 fully saturated rings. The van der Waals surface area contributed by atoms with Gasteiger partial charge < -0.3 is 30.9 Å². The van der Waals surface area contributed by atoms with Crippen LogP contribution in [0.4, 0.5) is 0 Å². The number of likely N-dealkylation sites (N-methyl/N-ethyl adjacent to an activating group) is 1. The van der Waals surface area contributed by atoms with E-state index in [0.29, 0.717) is 44.9 Å². The van der Waals surface area contributed by atoms with E-state index in [1.807, 2.05) is 0 Å². The lowest BCUT2D eigenvalue weighted by Gasteiger charge is -2.22. The average molecular weight is 427 g/mol. The molecule has 170 valence electrons. The summed E-state index contributed by atoms with van der Waals surface area (Å²) in [6.45, 7) is 3.24. The highest BCUT2D eigenvalue weighted by atomic mass is 16.2. The number of aldehydes is 1. The molecule has 0 aromatic carbocycles. The van der Waals surface area contributed by atoms with E-state index in [4.69, 9.17) is 0 Å². The van der Waals surface area contributed by atoms with Gasteiger partial charge in [-0.05, 0) is 46.6 Å². The second-order valence-corrected chi connectivity index (χ2v) is 7.21. The maximum atomic E-state index is 12.4. The van der Waals surface area contributed by atoms with Crippen molar-refractivity contribution in [3.8, 4) is 0 Å². The summed E-state index contributed by atoms with van der Waals surface area (Å²) in [7, 11) is 1.65. The van der Waals surface area contributed by atoms with Crippen LogP contribution in [0.3, 0.4) is 0 Å². The van der Waals surface area contributed by atoms with Crippen LogP contribution in [0.5, 0.6) is 0 Å². The first-order chi connectivity index (χ1) is 14.2. The molecule has 0 saturated heterocycles. The third kappa shape index (κ3) is 12.8. The Labute approximate surface area is 177 Å². The average Bonchev–Trinajstić information content (AvgIpc) is 2.68. The molecule has 0 saturated carbocycles. The molecule has 0 aromatic rings. The fourth-order valence-corrected chi connectivity index (χ4v) is 2.92. The number of nitrogens with one attached hydrogen (secondary N) is 4. The molecule has 4 N–H and O–H groups in total. The van der Waals surface area contributed by atoms with E-state index in [0.717, 1.165) is 0 Å². The molecular formula is C20H34N4O6. The fraction of sp³-hybridized carbons (Fsp3) is 0.700. The third-order valence-corrected chi connectivity index (χ3v) is 4.52. The normalized spacial score (nSPS) is 13.4. The quantitative estimate of drug-likeness (QED) is 0.169. The number of amides is 3. The van der Waals surface area contributed by atoms with Crippen molar-refractivity contribution in [2.45, 2.75) is 76.9 Å². The number of carbonyl (C=O) groups excluding carboxylic acids is 6. The van der Waals surface area contributed by atoms with Crippen LogP contribution >= 0.6 is 0 Å². The lowest BCUT2D eigenvalue weighted by atomic mass is 10.0. The first kappa shape index (κ1) is 27.4. The molecule has 0 aliphatic heterocycles. The summed E-state index contributed by atoms with van der Waals surface area (Å²) < 4.78 is 0. The minimum Gasteiger partial charge on any atom is -0.355 e. The van der Waals surface area contributed by atoms with Crippen LogP contribution < -0.4 is 21.3 Å². The van der Waals surface area contributed by atoms with E-state index in [9.17, 15) is 28.8 Å². The van der Waals surface area contributed by atoms with Crippen molar-refractivity contribution in [1.29, 1.82) is 0 Å². The highest BCUT2D eigenvalue weighted by Crippen LogP contribution is 2.06. The van der Waals surface area contributed by atoms with E-state index in [-0.39, 0.29) is 36.7 Å². The number of Topliss-reactive ketones (excluding diaryl/α,β-unsaturated/α-hetero) is 2. The Hall–Kier alpha value is -2.62. The monoisotopic (exact) mass is 426 g/mol. The fourth-order valence-electron chi connectivity index (χ4n) is 2.92. The van der Waals surface area contributed by atoms with Gasteiger partial charge >= 0.3 is 0 Å². The molecule has 0 bridgehead atoms. The van der Waals surface area contributed by atoms with Gasteiger partial charge in [0.15, 0.2) is 0 Å². The van der Waals surface area contributed by atoms with E-state index < -0.39 is 24.0 Å². The van der Waals surface area contributed by atoms with Crippen LogP contribution in [0, 0.1) is 0 Å². The Morgan fingerprint density at radius 1 is 0.900 bits per heavy atom. The van der Waals surface area contributed by atoms with Crippen molar-refractivity contribution in [3.05, 3.63) is 0 Å². The molecule has 0 radical (unpaired) electrons. The van der Waals surface area contributed by atoms with Crippen LogP contribution in [-0.4, -0.2) is 67.8 Å². The predicted octanol–water partition coefficient (Wildman–Crippen LogP) is -0.602. The smallest absolute Gasteiger partial charge is 0.242 e. The van der Waals surface area contributed by atoms with Crippen LogP contribution in [0.1, 0.15) is 58.8 Å². The lowest BCUT2D eigenvalue weighted by Crippen LogP contribution is -2.48. The molecule has 3 amide bonds. The Morgan fingerprint density at radius 3 is 2.13 bits per heavy atom. The minimum absolute atomic E-state index is 0.0152. The van der Waals surface area contributed by atoms with Crippen LogP contribution in [0.2, 0.25) is 0 Å². The number of rotatable bonds is 18.